The number of nitrogens with zero attached hydrogens (tertiary/aromatic N) is 3. The van der Waals surface area contributed by atoms with Crippen LogP contribution in [0.1, 0.15) is 5.56 Å². The van der Waals surface area contributed by atoms with Crippen LogP contribution in [-0.4, -0.2) is 39.0 Å². The summed E-state index contributed by atoms with van der Waals surface area (Å²) in [4.78, 5) is 23.6. The molecule has 1 rings (SSSR count). The van der Waals surface area contributed by atoms with Crippen LogP contribution in [0.4, 0.5) is 5.69 Å². The van der Waals surface area contributed by atoms with Crippen LogP contribution in [0.15, 0.2) is 43.0 Å². The molecule has 1 aromatic carbocycles. The molecule has 124 valence electrons. The fourth-order valence-corrected chi connectivity index (χ4v) is 1.88. The van der Waals surface area contributed by atoms with E-state index >= 15 is 0 Å². The Morgan fingerprint density at radius 1 is 1.33 bits per heavy atom. The van der Waals surface area contributed by atoms with E-state index in [1.807, 2.05) is 0 Å². The lowest BCUT2D eigenvalue weighted by Gasteiger charge is -2.18. The summed E-state index contributed by atoms with van der Waals surface area (Å²) >= 11 is 0. The zero-order chi connectivity index (χ0) is 18.3. The second-order valence-corrected chi connectivity index (χ2v) is 4.62. The van der Waals surface area contributed by atoms with Gasteiger partial charge in [0, 0.05) is 19.2 Å². The topological polar surface area (TPSA) is 128 Å². The third-order valence-electron chi connectivity index (χ3n) is 2.94. The van der Waals surface area contributed by atoms with Crippen LogP contribution in [0.5, 0.6) is 11.5 Å². The summed E-state index contributed by atoms with van der Waals surface area (Å²) in [6, 6.07) is 3.68. The summed E-state index contributed by atoms with van der Waals surface area (Å²) < 4.78 is 0. The number of nitro groups is 1. The Hall–Kier alpha value is -3.60. The van der Waals surface area contributed by atoms with Crippen LogP contribution in [0.2, 0.25) is 0 Å². The highest BCUT2D eigenvalue weighted by Gasteiger charge is 2.20. The Kier molecular flexibility index (Phi) is 6.26. The van der Waals surface area contributed by atoms with E-state index < -0.39 is 28.0 Å². The van der Waals surface area contributed by atoms with Gasteiger partial charge in [-0.25, -0.2) is 0 Å². The number of nitro benzene ring substituents is 1. The van der Waals surface area contributed by atoms with Crippen molar-refractivity contribution in [1.82, 2.24) is 4.90 Å². The van der Waals surface area contributed by atoms with E-state index in [0.29, 0.717) is 0 Å². The van der Waals surface area contributed by atoms with Gasteiger partial charge in [0.05, 0.1) is 4.92 Å². The number of rotatable bonds is 7. The molecule has 8 nitrogen and oxygen atoms in total. The molecule has 0 bridgehead atoms. The van der Waals surface area contributed by atoms with Gasteiger partial charge in [-0.1, -0.05) is 12.2 Å². The van der Waals surface area contributed by atoms with Crippen molar-refractivity contribution in [2.45, 2.75) is 0 Å². The largest absolute Gasteiger partial charge is 0.504 e. The summed E-state index contributed by atoms with van der Waals surface area (Å²) in [5.41, 5.74) is -1.00. The number of benzene rings is 1. The van der Waals surface area contributed by atoms with Crippen molar-refractivity contribution in [2.75, 3.05) is 13.1 Å². The molecular formula is C16H15N3O5. The zero-order valence-corrected chi connectivity index (χ0v) is 12.7. The number of phenols is 2. The molecule has 0 aliphatic heterocycles. The van der Waals surface area contributed by atoms with Crippen molar-refractivity contribution in [3.63, 3.8) is 0 Å². The molecule has 0 heterocycles. The number of nitriles is 1. The quantitative estimate of drug-likeness (QED) is 0.197. The third-order valence-corrected chi connectivity index (χ3v) is 2.94. The van der Waals surface area contributed by atoms with Gasteiger partial charge in [0.1, 0.15) is 11.6 Å². The van der Waals surface area contributed by atoms with Crippen molar-refractivity contribution in [3.8, 4) is 17.6 Å². The van der Waals surface area contributed by atoms with Crippen molar-refractivity contribution >= 4 is 17.7 Å². The number of hydrogen-bond donors (Lipinski definition) is 2. The summed E-state index contributed by atoms with van der Waals surface area (Å²) in [5.74, 6) is -2.23. The SMILES string of the molecule is C=CCN(CC=C)C(=O)/C(C#N)=C/c1cc(O)c(O)c([N+](=O)[O-])c1. The molecular weight excluding hydrogens is 314 g/mol. The molecule has 1 aromatic rings. The minimum absolute atomic E-state index is 0.0269. The van der Waals surface area contributed by atoms with Crippen LogP contribution < -0.4 is 0 Å². The molecule has 0 atom stereocenters. The molecule has 8 heteroatoms. The van der Waals surface area contributed by atoms with Crippen molar-refractivity contribution in [2.24, 2.45) is 0 Å². The second-order valence-electron chi connectivity index (χ2n) is 4.62. The molecule has 0 saturated heterocycles. The maximum atomic E-state index is 12.3. The molecule has 0 unspecified atom stereocenters. The molecule has 0 aliphatic rings. The van der Waals surface area contributed by atoms with E-state index in [0.717, 1.165) is 18.2 Å². The van der Waals surface area contributed by atoms with Crippen LogP contribution in [-0.2, 0) is 4.79 Å². The Balaban J connectivity index is 3.32. The van der Waals surface area contributed by atoms with Gasteiger partial charge in [-0.05, 0) is 17.7 Å². The van der Waals surface area contributed by atoms with Crippen LogP contribution >= 0.6 is 0 Å². The predicted octanol–water partition coefficient (Wildman–Crippen LogP) is 2.11. The number of amides is 1. The first-order valence-electron chi connectivity index (χ1n) is 6.68. The molecule has 2 N–H and O–H groups in total. The van der Waals surface area contributed by atoms with Crippen LogP contribution in [0.25, 0.3) is 6.08 Å². The maximum absolute atomic E-state index is 12.3. The van der Waals surface area contributed by atoms with E-state index in [1.54, 1.807) is 6.07 Å². The van der Waals surface area contributed by atoms with E-state index in [1.165, 1.54) is 17.1 Å². The lowest BCUT2D eigenvalue weighted by Crippen LogP contribution is -2.32. The number of hydrogen-bond acceptors (Lipinski definition) is 6. The van der Waals surface area contributed by atoms with Gasteiger partial charge in [0.15, 0.2) is 5.75 Å². The molecule has 0 aromatic heterocycles. The van der Waals surface area contributed by atoms with Gasteiger partial charge in [0.25, 0.3) is 5.91 Å². The Bertz CT molecular complexity index is 752. The lowest BCUT2D eigenvalue weighted by atomic mass is 10.1. The smallest absolute Gasteiger partial charge is 0.315 e. The Morgan fingerprint density at radius 3 is 2.38 bits per heavy atom. The highest BCUT2D eigenvalue weighted by Crippen LogP contribution is 2.36. The van der Waals surface area contributed by atoms with Gasteiger partial charge in [-0.2, -0.15) is 5.26 Å². The van der Waals surface area contributed by atoms with Crippen LogP contribution in [0.3, 0.4) is 0 Å². The molecule has 0 saturated carbocycles. The molecule has 0 spiro atoms. The molecule has 1 amide bonds. The van der Waals surface area contributed by atoms with Crippen molar-refractivity contribution < 1.29 is 19.9 Å². The monoisotopic (exact) mass is 329 g/mol. The first-order valence-corrected chi connectivity index (χ1v) is 6.68. The fourth-order valence-electron chi connectivity index (χ4n) is 1.88. The van der Waals surface area contributed by atoms with E-state index in [-0.39, 0.29) is 24.2 Å². The van der Waals surface area contributed by atoms with E-state index in [9.17, 15) is 30.4 Å². The molecule has 0 aliphatic carbocycles. The molecule has 0 radical (unpaired) electrons. The highest BCUT2D eigenvalue weighted by molar-refractivity contribution is 6.02. The number of carbonyl (C=O) groups excluding carboxylic acids is 1. The number of carbonyl (C=O) groups is 1. The number of phenolic OH excluding ortho intramolecular Hbond substituents is 2. The van der Waals surface area contributed by atoms with Crippen molar-refractivity contribution in [1.29, 1.82) is 5.26 Å². The third kappa shape index (κ3) is 4.20. The average molecular weight is 329 g/mol. The summed E-state index contributed by atoms with van der Waals surface area (Å²) in [5, 5.41) is 39.0. The second kappa shape index (κ2) is 8.14. The minimum Gasteiger partial charge on any atom is -0.504 e. The van der Waals surface area contributed by atoms with Crippen molar-refractivity contribution in [3.05, 3.63) is 58.7 Å². The highest BCUT2D eigenvalue weighted by atomic mass is 16.6. The van der Waals surface area contributed by atoms with Gasteiger partial charge >= 0.3 is 5.69 Å². The van der Waals surface area contributed by atoms with Gasteiger partial charge in [0.2, 0.25) is 5.75 Å². The van der Waals surface area contributed by atoms with Gasteiger partial charge in [-0.15, -0.1) is 13.2 Å². The Morgan fingerprint density at radius 2 is 1.92 bits per heavy atom. The minimum atomic E-state index is -0.887. The Labute approximate surface area is 138 Å². The normalized spacial score (nSPS) is 10.5. The summed E-state index contributed by atoms with van der Waals surface area (Å²) in [6.07, 6.45) is 4.05. The van der Waals surface area contributed by atoms with Gasteiger partial charge in [-0.3, -0.25) is 14.9 Å². The van der Waals surface area contributed by atoms with E-state index in [4.69, 9.17) is 0 Å². The molecule has 0 fully saturated rings. The van der Waals surface area contributed by atoms with Gasteiger partial charge < -0.3 is 15.1 Å². The predicted molar refractivity (Wildman–Crippen MR) is 87.0 cm³/mol. The average Bonchev–Trinajstić information content (AvgIpc) is 2.54. The molecule has 24 heavy (non-hydrogen) atoms. The fraction of sp³-hybridized carbons (Fsp3) is 0.125. The standard InChI is InChI=1S/C16H15N3O5/c1-3-5-18(6-4-2)16(22)12(10-17)7-11-8-13(19(23)24)15(21)14(20)9-11/h3-4,7-9,20-21H,1-2,5-6H2/b12-7+. The lowest BCUT2D eigenvalue weighted by molar-refractivity contribution is -0.386. The van der Waals surface area contributed by atoms with Crippen LogP contribution in [0, 0.1) is 21.4 Å². The first-order chi connectivity index (χ1) is 11.3. The van der Waals surface area contributed by atoms with E-state index in [2.05, 4.69) is 13.2 Å². The summed E-state index contributed by atoms with van der Waals surface area (Å²) in [7, 11) is 0. The summed E-state index contributed by atoms with van der Waals surface area (Å²) in [6.45, 7) is 7.41. The number of aromatic hydroxyl groups is 2. The maximum Gasteiger partial charge on any atom is 0.315 e. The zero-order valence-electron chi connectivity index (χ0n) is 12.7. The first kappa shape index (κ1) is 18.4.